The van der Waals surface area contributed by atoms with Crippen molar-refractivity contribution in [2.45, 2.75) is 31.6 Å². The van der Waals surface area contributed by atoms with Crippen LogP contribution in [0.15, 0.2) is 29.2 Å². The Morgan fingerprint density at radius 2 is 1.84 bits per heavy atom. The zero-order chi connectivity index (χ0) is 14.5. The lowest BCUT2D eigenvalue weighted by atomic mass is 10.1. The molecule has 0 saturated heterocycles. The summed E-state index contributed by atoms with van der Waals surface area (Å²) in [4.78, 5) is 11.4. The van der Waals surface area contributed by atoms with E-state index in [4.69, 9.17) is 10.7 Å². The molecule has 1 aromatic carbocycles. The van der Waals surface area contributed by atoms with Crippen LogP contribution in [0.4, 0.5) is 0 Å². The number of rotatable bonds is 6. The van der Waals surface area contributed by atoms with Crippen LogP contribution in [0.2, 0.25) is 0 Å². The van der Waals surface area contributed by atoms with E-state index in [0.29, 0.717) is 6.54 Å². The molecular formula is C13H18ClNO3S. The van der Waals surface area contributed by atoms with Gasteiger partial charge < -0.3 is 5.32 Å². The second-order valence-electron chi connectivity index (χ2n) is 4.63. The van der Waals surface area contributed by atoms with E-state index >= 15 is 0 Å². The van der Waals surface area contributed by atoms with Gasteiger partial charge in [0.25, 0.3) is 9.05 Å². The maximum absolute atomic E-state index is 11.3. The summed E-state index contributed by atoms with van der Waals surface area (Å²) >= 11 is 0. The molecule has 0 radical (unpaired) electrons. The van der Waals surface area contributed by atoms with Gasteiger partial charge in [-0.2, -0.15) is 0 Å². The van der Waals surface area contributed by atoms with Crippen LogP contribution in [0.25, 0.3) is 0 Å². The predicted molar refractivity (Wildman–Crippen MR) is 75.6 cm³/mol. The summed E-state index contributed by atoms with van der Waals surface area (Å²) in [6.45, 7) is 4.31. The minimum atomic E-state index is -3.65. The van der Waals surface area contributed by atoms with Crippen molar-refractivity contribution in [3.05, 3.63) is 29.8 Å². The average molecular weight is 304 g/mol. The Balaban J connectivity index is 2.41. The van der Waals surface area contributed by atoms with Gasteiger partial charge in [-0.05, 0) is 30.5 Å². The molecule has 0 unspecified atom stereocenters. The highest BCUT2D eigenvalue weighted by Gasteiger charge is 2.09. The fourth-order valence-corrected chi connectivity index (χ4v) is 2.30. The first-order valence-corrected chi connectivity index (χ1v) is 8.43. The number of carbonyl (C=O) groups is 1. The summed E-state index contributed by atoms with van der Waals surface area (Å²) in [6.07, 6.45) is 1.59. The van der Waals surface area contributed by atoms with E-state index in [9.17, 15) is 13.2 Å². The minimum Gasteiger partial charge on any atom is -0.356 e. The van der Waals surface area contributed by atoms with E-state index in [1.165, 1.54) is 12.1 Å². The largest absolute Gasteiger partial charge is 0.356 e. The lowest BCUT2D eigenvalue weighted by molar-refractivity contribution is -0.123. The summed E-state index contributed by atoms with van der Waals surface area (Å²) < 4.78 is 22.1. The van der Waals surface area contributed by atoms with E-state index < -0.39 is 9.05 Å². The second kappa shape index (κ2) is 6.91. The number of halogens is 1. The number of nitrogens with one attached hydrogen (secondary N) is 1. The molecule has 1 rings (SSSR count). The van der Waals surface area contributed by atoms with Gasteiger partial charge in [0.05, 0.1) is 4.90 Å². The van der Waals surface area contributed by atoms with Crippen molar-refractivity contribution < 1.29 is 13.2 Å². The summed E-state index contributed by atoms with van der Waals surface area (Å²) in [5, 5.41) is 2.83. The van der Waals surface area contributed by atoms with Gasteiger partial charge >= 0.3 is 0 Å². The van der Waals surface area contributed by atoms with Crippen LogP contribution < -0.4 is 5.32 Å². The molecule has 1 amide bonds. The predicted octanol–water partition coefficient (Wildman–Crippen LogP) is 2.32. The van der Waals surface area contributed by atoms with Crippen molar-refractivity contribution in [3.63, 3.8) is 0 Å². The Kier molecular flexibility index (Phi) is 5.82. The van der Waals surface area contributed by atoms with Crippen molar-refractivity contribution >= 4 is 25.6 Å². The number of benzene rings is 1. The first kappa shape index (κ1) is 16.0. The third-order valence-electron chi connectivity index (χ3n) is 2.67. The average Bonchev–Trinajstić information content (AvgIpc) is 2.33. The van der Waals surface area contributed by atoms with Gasteiger partial charge in [-0.3, -0.25) is 4.79 Å². The minimum absolute atomic E-state index is 0.00629. The van der Waals surface area contributed by atoms with Gasteiger partial charge in [-0.1, -0.05) is 26.0 Å². The Labute approximate surface area is 118 Å². The Bertz CT molecular complexity index is 523. The lowest BCUT2D eigenvalue weighted by Gasteiger charge is -2.07. The molecule has 0 aliphatic heterocycles. The summed E-state index contributed by atoms with van der Waals surface area (Å²) in [6, 6.07) is 6.45. The SMILES string of the molecule is CC(C)C(=O)NCCCc1ccc(S(=O)(=O)Cl)cc1. The summed E-state index contributed by atoms with van der Waals surface area (Å²) in [7, 11) is 1.58. The third kappa shape index (κ3) is 5.61. The monoisotopic (exact) mass is 303 g/mol. The normalized spacial score (nSPS) is 11.6. The van der Waals surface area contributed by atoms with Gasteiger partial charge in [0.1, 0.15) is 0 Å². The molecule has 6 heteroatoms. The van der Waals surface area contributed by atoms with E-state index in [2.05, 4.69) is 5.32 Å². The van der Waals surface area contributed by atoms with Crippen LogP contribution in [0.5, 0.6) is 0 Å². The molecule has 19 heavy (non-hydrogen) atoms. The van der Waals surface area contributed by atoms with E-state index in [0.717, 1.165) is 18.4 Å². The van der Waals surface area contributed by atoms with Gasteiger partial charge in [-0.25, -0.2) is 8.42 Å². The summed E-state index contributed by atoms with van der Waals surface area (Å²) in [5.41, 5.74) is 1.02. The van der Waals surface area contributed by atoms with Crippen molar-refractivity contribution in [1.82, 2.24) is 5.32 Å². The van der Waals surface area contributed by atoms with Crippen molar-refractivity contribution in [1.29, 1.82) is 0 Å². The molecule has 0 heterocycles. The molecule has 0 fully saturated rings. The molecule has 106 valence electrons. The van der Waals surface area contributed by atoms with E-state index in [1.807, 2.05) is 13.8 Å². The maximum atomic E-state index is 11.3. The number of hydrogen-bond donors (Lipinski definition) is 1. The van der Waals surface area contributed by atoms with Gasteiger partial charge in [0.15, 0.2) is 0 Å². The van der Waals surface area contributed by atoms with Crippen LogP contribution in [0, 0.1) is 5.92 Å². The quantitative estimate of drug-likeness (QED) is 0.648. The number of amides is 1. The van der Waals surface area contributed by atoms with Crippen LogP contribution in [0.1, 0.15) is 25.8 Å². The molecular weight excluding hydrogens is 286 g/mol. The summed E-state index contributed by atoms with van der Waals surface area (Å²) in [5.74, 6) is 0.0387. The Morgan fingerprint density at radius 1 is 1.26 bits per heavy atom. The lowest BCUT2D eigenvalue weighted by Crippen LogP contribution is -2.28. The third-order valence-corrected chi connectivity index (χ3v) is 4.04. The number of aryl methyl sites for hydroxylation is 1. The highest BCUT2D eigenvalue weighted by molar-refractivity contribution is 8.13. The van der Waals surface area contributed by atoms with Gasteiger partial charge in [0.2, 0.25) is 5.91 Å². The van der Waals surface area contributed by atoms with Crippen LogP contribution in [-0.2, 0) is 20.3 Å². The van der Waals surface area contributed by atoms with Crippen LogP contribution >= 0.6 is 10.7 Å². The zero-order valence-electron chi connectivity index (χ0n) is 11.0. The molecule has 1 aromatic rings. The molecule has 0 aliphatic carbocycles. The fourth-order valence-electron chi connectivity index (χ4n) is 1.53. The molecule has 1 N–H and O–H groups in total. The van der Waals surface area contributed by atoms with Gasteiger partial charge in [0, 0.05) is 23.1 Å². The zero-order valence-corrected chi connectivity index (χ0v) is 12.6. The standard InChI is InChI=1S/C13H18ClNO3S/c1-10(2)13(16)15-9-3-4-11-5-7-12(8-6-11)19(14,17)18/h5-8,10H,3-4,9H2,1-2H3,(H,15,16). The van der Waals surface area contributed by atoms with Crippen LogP contribution in [-0.4, -0.2) is 20.9 Å². The van der Waals surface area contributed by atoms with E-state index in [-0.39, 0.29) is 16.7 Å². The fraction of sp³-hybridized carbons (Fsp3) is 0.462. The Morgan fingerprint density at radius 3 is 2.32 bits per heavy atom. The molecule has 0 saturated carbocycles. The molecule has 0 aliphatic rings. The Hall–Kier alpha value is -1.07. The van der Waals surface area contributed by atoms with Crippen molar-refractivity contribution in [2.24, 2.45) is 5.92 Å². The molecule has 0 aromatic heterocycles. The van der Waals surface area contributed by atoms with Crippen molar-refractivity contribution in [3.8, 4) is 0 Å². The molecule has 4 nitrogen and oxygen atoms in total. The highest BCUT2D eigenvalue weighted by Crippen LogP contribution is 2.15. The maximum Gasteiger partial charge on any atom is 0.261 e. The number of carbonyl (C=O) groups excluding carboxylic acids is 1. The first-order valence-electron chi connectivity index (χ1n) is 6.12. The molecule has 0 spiro atoms. The molecule has 0 atom stereocenters. The second-order valence-corrected chi connectivity index (χ2v) is 7.20. The topological polar surface area (TPSA) is 63.2 Å². The first-order chi connectivity index (χ1) is 8.80. The smallest absolute Gasteiger partial charge is 0.261 e. The van der Waals surface area contributed by atoms with Gasteiger partial charge in [-0.15, -0.1) is 0 Å². The van der Waals surface area contributed by atoms with Crippen molar-refractivity contribution in [2.75, 3.05) is 6.54 Å². The molecule has 0 bridgehead atoms. The van der Waals surface area contributed by atoms with Crippen LogP contribution in [0.3, 0.4) is 0 Å². The number of hydrogen-bond acceptors (Lipinski definition) is 3. The van der Waals surface area contributed by atoms with E-state index in [1.54, 1.807) is 12.1 Å². The highest BCUT2D eigenvalue weighted by atomic mass is 35.7.